The molecule has 1 aromatic heterocycles. The van der Waals surface area contributed by atoms with Gasteiger partial charge in [-0.05, 0) is 43.3 Å². The van der Waals surface area contributed by atoms with Crippen LogP contribution in [0.1, 0.15) is 34.2 Å². The third-order valence-electron chi connectivity index (χ3n) is 6.22. The number of fused-ring (bicyclic) bond motifs is 1. The fraction of sp³-hybridized carbons (Fsp3) is 0.308. The predicted molar refractivity (Wildman–Crippen MR) is 131 cm³/mol. The van der Waals surface area contributed by atoms with Crippen molar-refractivity contribution in [2.45, 2.75) is 32.5 Å². The highest BCUT2D eigenvalue weighted by molar-refractivity contribution is 6.06. The average Bonchev–Trinajstić information content (AvgIpc) is 3.21. The molecule has 0 spiro atoms. The largest absolute Gasteiger partial charge is 0.467 e. The molecule has 3 aromatic rings. The second kappa shape index (κ2) is 10.6. The summed E-state index contributed by atoms with van der Waals surface area (Å²) in [7, 11) is 3.11. The summed E-state index contributed by atoms with van der Waals surface area (Å²) in [4.78, 5) is 41.2. The first-order valence-electron chi connectivity index (χ1n) is 11.6. The summed E-state index contributed by atoms with van der Waals surface area (Å²) < 4.78 is 19.9. The van der Waals surface area contributed by atoms with Crippen molar-refractivity contribution in [1.82, 2.24) is 20.0 Å². The highest BCUT2D eigenvalue weighted by atomic mass is 19.1. The van der Waals surface area contributed by atoms with Gasteiger partial charge in [0.1, 0.15) is 11.9 Å². The fourth-order valence-corrected chi connectivity index (χ4v) is 4.27. The zero-order valence-corrected chi connectivity index (χ0v) is 20.4. The van der Waals surface area contributed by atoms with Crippen LogP contribution in [0.4, 0.5) is 14.9 Å². The Balaban J connectivity index is 1.61. The number of nitrogens with zero attached hydrogens (tertiary/aromatic N) is 4. The zero-order valence-electron chi connectivity index (χ0n) is 20.4. The molecule has 2 aromatic carbocycles. The molecule has 1 aliphatic rings. The number of halogens is 1. The maximum atomic E-state index is 13.5. The monoisotopic (exact) mass is 493 g/mol. The predicted octanol–water partition coefficient (Wildman–Crippen LogP) is 3.04. The molecule has 0 saturated heterocycles. The molecule has 188 valence electrons. The molecule has 1 aliphatic heterocycles. The maximum absolute atomic E-state index is 13.5. The van der Waals surface area contributed by atoms with E-state index in [9.17, 15) is 18.8 Å². The molecular formula is C26H28FN5O4. The van der Waals surface area contributed by atoms with E-state index in [0.29, 0.717) is 29.9 Å². The van der Waals surface area contributed by atoms with Crippen LogP contribution in [0.2, 0.25) is 0 Å². The van der Waals surface area contributed by atoms with Gasteiger partial charge < -0.3 is 19.9 Å². The summed E-state index contributed by atoms with van der Waals surface area (Å²) in [5, 5.41) is 7.33. The minimum absolute atomic E-state index is 0.164. The summed E-state index contributed by atoms with van der Waals surface area (Å²) in [6.07, 6.45) is 0.579. The number of para-hydroxylation sites is 1. The molecule has 4 rings (SSSR count). The molecule has 0 radical (unpaired) electrons. The van der Waals surface area contributed by atoms with Gasteiger partial charge in [-0.2, -0.15) is 5.10 Å². The number of aromatic nitrogens is 2. The first-order valence-corrected chi connectivity index (χ1v) is 11.6. The number of aryl methyl sites for hydroxylation is 1. The summed E-state index contributed by atoms with van der Waals surface area (Å²) >= 11 is 0. The van der Waals surface area contributed by atoms with Crippen LogP contribution < -0.4 is 10.2 Å². The number of hydrogen-bond donors (Lipinski definition) is 1. The fourth-order valence-electron chi connectivity index (χ4n) is 4.27. The third-order valence-corrected chi connectivity index (χ3v) is 6.22. The molecule has 9 nitrogen and oxygen atoms in total. The quantitative estimate of drug-likeness (QED) is 0.533. The van der Waals surface area contributed by atoms with Crippen molar-refractivity contribution in [3.8, 4) is 0 Å². The van der Waals surface area contributed by atoms with E-state index in [1.807, 2.05) is 37.4 Å². The molecule has 0 bridgehead atoms. The Hall–Kier alpha value is -4.21. The number of carbonyl (C=O) groups is 3. The molecule has 3 amide bonds. The van der Waals surface area contributed by atoms with E-state index in [-0.39, 0.29) is 25.0 Å². The molecular weight excluding hydrogens is 465 g/mol. The summed E-state index contributed by atoms with van der Waals surface area (Å²) in [5.41, 5.74) is 3.52. The lowest BCUT2D eigenvalue weighted by atomic mass is 10.0. The standard InChI is InChI=1S/C26H28FN5O4/c1-17(25(34)36-3)28-26(35)31-14-13-23-21(15-31)22(29-30(23)2)16-32(20-7-5-4-6-8-20)24(33)18-9-11-19(27)12-10-18/h4-12,17H,13-16H2,1-3H3,(H,28,35)/t17-/m0/s1. The smallest absolute Gasteiger partial charge is 0.328 e. The van der Waals surface area contributed by atoms with E-state index in [1.165, 1.54) is 31.4 Å². The Morgan fingerprint density at radius 3 is 2.50 bits per heavy atom. The van der Waals surface area contributed by atoms with Crippen molar-refractivity contribution >= 4 is 23.6 Å². The number of benzene rings is 2. The third kappa shape index (κ3) is 5.22. The Bertz CT molecular complexity index is 1260. The van der Waals surface area contributed by atoms with Gasteiger partial charge in [0.2, 0.25) is 0 Å². The van der Waals surface area contributed by atoms with E-state index in [4.69, 9.17) is 0 Å². The highest BCUT2D eigenvalue weighted by Crippen LogP contribution is 2.26. The first-order chi connectivity index (χ1) is 17.3. The van der Waals surface area contributed by atoms with Crippen molar-refractivity contribution < 1.29 is 23.5 Å². The van der Waals surface area contributed by atoms with Gasteiger partial charge in [0.05, 0.1) is 25.9 Å². The van der Waals surface area contributed by atoms with Gasteiger partial charge >= 0.3 is 12.0 Å². The van der Waals surface area contributed by atoms with Crippen molar-refractivity contribution in [3.63, 3.8) is 0 Å². The van der Waals surface area contributed by atoms with Gasteiger partial charge in [-0.25, -0.2) is 14.0 Å². The molecule has 0 fully saturated rings. The van der Waals surface area contributed by atoms with Crippen molar-refractivity contribution in [2.75, 3.05) is 18.6 Å². The van der Waals surface area contributed by atoms with Crippen LogP contribution >= 0.6 is 0 Å². The average molecular weight is 494 g/mol. The number of hydrogen-bond acceptors (Lipinski definition) is 5. The summed E-state index contributed by atoms with van der Waals surface area (Å²) in [5.74, 6) is -1.24. The number of esters is 1. The first kappa shape index (κ1) is 24.9. The second-order valence-electron chi connectivity index (χ2n) is 8.60. The molecule has 2 heterocycles. The van der Waals surface area contributed by atoms with Gasteiger partial charge in [0, 0.05) is 42.5 Å². The number of methoxy groups -OCH3 is 1. The van der Waals surface area contributed by atoms with E-state index in [0.717, 1.165) is 11.3 Å². The molecule has 0 saturated carbocycles. The lowest BCUT2D eigenvalue weighted by Gasteiger charge is -2.29. The SMILES string of the molecule is COC(=O)[C@H](C)NC(=O)N1CCc2c(c(CN(C(=O)c3ccc(F)cc3)c3ccccc3)nn2C)C1. The second-order valence-corrected chi connectivity index (χ2v) is 8.60. The van der Waals surface area contributed by atoms with Gasteiger partial charge in [-0.15, -0.1) is 0 Å². The van der Waals surface area contributed by atoms with Crippen LogP contribution in [0.3, 0.4) is 0 Å². The number of anilines is 1. The van der Waals surface area contributed by atoms with Crippen molar-refractivity contribution in [3.05, 3.63) is 82.9 Å². The molecule has 1 N–H and O–H groups in total. The van der Waals surface area contributed by atoms with Crippen LogP contribution in [0.25, 0.3) is 0 Å². The van der Waals surface area contributed by atoms with Crippen LogP contribution in [0.5, 0.6) is 0 Å². The Labute approximate surface area is 208 Å². The topological polar surface area (TPSA) is 96.8 Å². The number of nitrogens with one attached hydrogen (secondary N) is 1. The maximum Gasteiger partial charge on any atom is 0.328 e. The number of carbonyl (C=O) groups excluding carboxylic acids is 3. The number of amides is 3. The van der Waals surface area contributed by atoms with Crippen LogP contribution in [0.15, 0.2) is 54.6 Å². The molecule has 10 heteroatoms. The lowest BCUT2D eigenvalue weighted by molar-refractivity contribution is -0.142. The van der Waals surface area contributed by atoms with E-state index < -0.39 is 17.8 Å². The lowest BCUT2D eigenvalue weighted by Crippen LogP contribution is -2.48. The van der Waals surface area contributed by atoms with E-state index >= 15 is 0 Å². The molecule has 36 heavy (non-hydrogen) atoms. The Kier molecular flexibility index (Phi) is 7.33. The molecule has 0 unspecified atom stereocenters. The Morgan fingerprint density at radius 1 is 1.14 bits per heavy atom. The van der Waals surface area contributed by atoms with E-state index in [1.54, 1.807) is 21.4 Å². The zero-order chi connectivity index (χ0) is 25.8. The number of ether oxygens (including phenoxy) is 1. The van der Waals surface area contributed by atoms with Gasteiger partial charge in [-0.1, -0.05) is 18.2 Å². The van der Waals surface area contributed by atoms with Crippen LogP contribution in [-0.2, 0) is 36.1 Å². The molecule has 0 aliphatic carbocycles. The van der Waals surface area contributed by atoms with Crippen molar-refractivity contribution in [1.29, 1.82) is 0 Å². The van der Waals surface area contributed by atoms with Crippen LogP contribution in [0, 0.1) is 5.82 Å². The summed E-state index contributed by atoms with van der Waals surface area (Å²) in [6.45, 7) is 2.47. The molecule has 1 atom stereocenters. The number of urea groups is 1. The van der Waals surface area contributed by atoms with E-state index in [2.05, 4.69) is 15.2 Å². The van der Waals surface area contributed by atoms with Gasteiger partial charge in [0.25, 0.3) is 5.91 Å². The normalized spacial score (nSPS) is 13.5. The Morgan fingerprint density at radius 2 is 1.83 bits per heavy atom. The summed E-state index contributed by atoms with van der Waals surface area (Å²) in [6, 6.07) is 13.4. The highest BCUT2D eigenvalue weighted by Gasteiger charge is 2.30. The van der Waals surface area contributed by atoms with Gasteiger partial charge in [0.15, 0.2) is 0 Å². The minimum Gasteiger partial charge on any atom is -0.467 e. The van der Waals surface area contributed by atoms with Crippen LogP contribution in [-0.4, -0.2) is 52.3 Å². The minimum atomic E-state index is -0.779. The van der Waals surface area contributed by atoms with Gasteiger partial charge in [-0.3, -0.25) is 9.48 Å². The number of rotatable bonds is 6. The van der Waals surface area contributed by atoms with Crippen molar-refractivity contribution in [2.24, 2.45) is 7.05 Å².